The fourth-order valence-electron chi connectivity index (χ4n) is 2.21. The Labute approximate surface area is 91.1 Å². The maximum atomic E-state index is 11.4. The largest absolute Gasteiger partial charge is 0.295 e. The molecule has 2 heteroatoms. The molecule has 0 spiro atoms. The van der Waals surface area contributed by atoms with Gasteiger partial charge in [-0.2, -0.15) is 0 Å². The Morgan fingerprint density at radius 3 is 2.60 bits per heavy atom. The van der Waals surface area contributed by atoms with Crippen LogP contribution in [0.4, 0.5) is 0 Å². The van der Waals surface area contributed by atoms with E-state index >= 15 is 0 Å². The maximum Gasteiger partial charge on any atom is 0.156 e. The van der Waals surface area contributed by atoms with Gasteiger partial charge in [-0.1, -0.05) is 25.5 Å². The summed E-state index contributed by atoms with van der Waals surface area (Å²) >= 11 is 0. The lowest BCUT2D eigenvalue weighted by molar-refractivity contribution is -0.117. The van der Waals surface area contributed by atoms with Gasteiger partial charge < -0.3 is 0 Å². The van der Waals surface area contributed by atoms with Crippen molar-refractivity contribution in [1.82, 2.24) is 0 Å². The highest BCUT2D eigenvalue weighted by molar-refractivity contribution is 5.92. The molecular weight excluding hydrogens is 188 g/mol. The quantitative estimate of drug-likeness (QED) is 0.651. The molecule has 0 aromatic heterocycles. The summed E-state index contributed by atoms with van der Waals surface area (Å²) < 4.78 is 0. The van der Waals surface area contributed by atoms with E-state index in [4.69, 9.17) is 0 Å². The topological polar surface area (TPSA) is 34.1 Å². The summed E-state index contributed by atoms with van der Waals surface area (Å²) in [6.07, 6.45) is 5.76. The van der Waals surface area contributed by atoms with Gasteiger partial charge in [-0.15, -0.1) is 0 Å². The van der Waals surface area contributed by atoms with E-state index in [1.807, 2.05) is 13.0 Å². The minimum Gasteiger partial charge on any atom is -0.295 e. The van der Waals surface area contributed by atoms with Crippen LogP contribution >= 0.6 is 0 Å². The molecule has 82 valence electrons. The normalized spacial score (nSPS) is 25.5. The van der Waals surface area contributed by atoms with E-state index in [0.29, 0.717) is 6.42 Å². The number of carbonyl (C=O) groups excluding carboxylic acids is 2. The molecule has 0 fully saturated rings. The molecule has 0 saturated heterocycles. The lowest BCUT2D eigenvalue weighted by Crippen LogP contribution is -2.30. The second kappa shape index (κ2) is 4.13. The standard InChI is InChI=1S/C13H18O2/c1-9-7-11(15)8-13(3,4)12(9)6-5-10(2)14/h5-7,12H,8H2,1-4H3/b6-5+/t12-/m0/s1. The van der Waals surface area contributed by atoms with Crippen LogP contribution in [0.25, 0.3) is 0 Å². The van der Waals surface area contributed by atoms with Crippen LogP contribution in [0, 0.1) is 11.3 Å². The number of carbonyl (C=O) groups is 2. The van der Waals surface area contributed by atoms with Crippen molar-refractivity contribution in [3.05, 3.63) is 23.8 Å². The van der Waals surface area contributed by atoms with Crippen LogP contribution in [0.2, 0.25) is 0 Å². The molecule has 0 aromatic carbocycles. The summed E-state index contributed by atoms with van der Waals surface area (Å²) in [6, 6.07) is 0. The number of allylic oxidation sites excluding steroid dienone is 4. The van der Waals surface area contributed by atoms with Crippen molar-refractivity contribution < 1.29 is 9.59 Å². The van der Waals surface area contributed by atoms with Crippen LogP contribution in [0.3, 0.4) is 0 Å². The molecule has 1 rings (SSSR count). The number of hydrogen-bond donors (Lipinski definition) is 0. The van der Waals surface area contributed by atoms with Crippen LogP contribution in [-0.4, -0.2) is 11.6 Å². The Bertz CT molecular complexity index is 346. The Morgan fingerprint density at radius 2 is 2.13 bits per heavy atom. The first kappa shape index (κ1) is 11.9. The SMILES string of the molecule is CC(=O)/C=C/[C@H]1C(C)=CC(=O)CC1(C)C. The summed E-state index contributed by atoms with van der Waals surface area (Å²) in [7, 11) is 0. The van der Waals surface area contributed by atoms with E-state index in [2.05, 4.69) is 13.8 Å². The van der Waals surface area contributed by atoms with Gasteiger partial charge in [0.25, 0.3) is 0 Å². The molecule has 2 nitrogen and oxygen atoms in total. The van der Waals surface area contributed by atoms with Crippen LogP contribution in [0.1, 0.15) is 34.1 Å². The van der Waals surface area contributed by atoms with Crippen LogP contribution in [-0.2, 0) is 9.59 Å². The molecule has 0 aromatic rings. The van der Waals surface area contributed by atoms with Gasteiger partial charge in [-0.3, -0.25) is 9.59 Å². The molecule has 0 saturated carbocycles. The molecule has 0 bridgehead atoms. The fraction of sp³-hybridized carbons (Fsp3) is 0.538. The lowest BCUT2D eigenvalue weighted by Gasteiger charge is -2.35. The van der Waals surface area contributed by atoms with Crippen LogP contribution in [0.5, 0.6) is 0 Å². The highest BCUT2D eigenvalue weighted by Crippen LogP contribution is 2.40. The second-order valence-corrected chi connectivity index (χ2v) is 4.97. The summed E-state index contributed by atoms with van der Waals surface area (Å²) in [5.74, 6) is 0.430. The van der Waals surface area contributed by atoms with E-state index in [0.717, 1.165) is 5.57 Å². The molecule has 1 aliphatic carbocycles. The fourth-order valence-corrected chi connectivity index (χ4v) is 2.21. The highest BCUT2D eigenvalue weighted by Gasteiger charge is 2.34. The van der Waals surface area contributed by atoms with Gasteiger partial charge in [0, 0.05) is 12.3 Å². The second-order valence-electron chi connectivity index (χ2n) is 4.97. The number of hydrogen-bond acceptors (Lipinski definition) is 2. The average molecular weight is 206 g/mol. The zero-order chi connectivity index (χ0) is 11.6. The third-order valence-corrected chi connectivity index (χ3v) is 2.87. The number of rotatable bonds is 2. The molecule has 1 aliphatic rings. The third kappa shape index (κ3) is 2.88. The van der Waals surface area contributed by atoms with Gasteiger partial charge >= 0.3 is 0 Å². The Hall–Kier alpha value is -1.18. The molecule has 0 N–H and O–H groups in total. The minimum absolute atomic E-state index is 0.0514. The van der Waals surface area contributed by atoms with E-state index < -0.39 is 0 Å². The average Bonchev–Trinajstić information content (AvgIpc) is 1.98. The predicted octanol–water partition coefficient (Wildman–Crippen LogP) is 2.69. The third-order valence-electron chi connectivity index (χ3n) is 2.87. The van der Waals surface area contributed by atoms with Crippen molar-refractivity contribution >= 4 is 11.6 Å². The zero-order valence-electron chi connectivity index (χ0n) is 9.83. The summed E-state index contributed by atoms with van der Waals surface area (Å²) in [6.45, 7) is 7.62. The summed E-state index contributed by atoms with van der Waals surface area (Å²) in [4.78, 5) is 22.3. The molecular formula is C13H18O2. The Balaban J connectivity index is 2.99. The van der Waals surface area contributed by atoms with Crippen LogP contribution in [0.15, 0.2) is 23.8 Å². The van der Waals surface area contributed by atoms with E-state index in [1.165, 1.54) is 6.92 Å². The molecule has 0 radical (unpaired) electrons. The molecule has 15 heavy (non-hydrogen) atoms. The molecule has 0 amide bonds. The lowest BCUT2D eigenvalue weighted by atomic mass is 9.68. The van der Waals surface area contributed by atoms with Crippen molar-refractivity contribution in [2.75, 3.05) is 0 Å². The maximum absolute atomic E-state index is 11.4. The molecule has 0 aliphatic heterocycles. The van der Waals surface area contributed by atoms with Gasteiger partial charge in [0.05, 0.1) is 0 Å². The minimum atomic E-state index is -0.0815. The Kier molecular flexibility index (Phi) is 3.28. The summed E-state index contributed by atoms with van der Waals surface area (Å²) in [5, 5.41) is 0. The van der Waals surface area contributed by atoms with E-state index in [-0.39, 0.29) is 22.9 Å². The van der Waals surface area contributed by atoms with Crippen molar-refractivity contribution in [1.29, 1.82) is 0 Å². The monoisotopic (exact) mass is 206 g/mol. The van der Waals surface area contributed by atoms with E-state index in [9.17, 15) is 9.59 Å². The Morgan fingerprint density at radius 1 is 1.53 bits per heavy atom. The van der Waals surface area contributed by atoms with Gasteiger partial charge in [0.1, 0.15) is 0 Å². The first-order chi connectivity index (χ1) is 6.83. The van der Waals surface area contributed by atoms with Crippen molar-refractivity contribution in [3.8, 4) is 0 Å². The van der Waals surface area contributed by atoms with Crippen LogP contribution < -0.4 is 0 Å². The van der Waals surface area contributed by atoms with E-state index in [1.54, 1.807) is 12.2 Å². The van der Waals surface area contributed by atoms with Crippen molar-refractivity contribution in [2.45, 2.75) is 34.1 Å². The first-order valence-electron chi connectivity index (χ1n) is 5.23. The van der Waals surface area contributed by atoms with Crippen molar-refractivity contribution in [2.24, 2.45) is 11.3 Å². The van der Waals surface area contributed by atoms with Gasteiger partial charge in [-0.05, 0) is 31.4 Å². The number of ketones is 2. The highest BCUT2D eigenvalue weighted by atomic mass is 16.1. The first-order valence-corrected chi connectivity index (χ1v) is 5.23. The van der Waals surface area contributed by atoms with Crippen molar-refractivity contribution in [3.63, 3.8) is 0 Å². The smallest absolute Gasteiger partial charge is 0.156 e. The van der Waals surface area contributed by atoms with Gasteiger partial charge in [0.15, 0.2) is 11.6 Å². The predicted molar refractivity (Wildman–Crippen MR) is 60.5 cm³/mol. The zero-order valence-corrected chi connectivity index (χ0v) is 9.83. The molecule has 1 atom stereocenters. The molecule has 0 unspecified atom stereocenters. The molecule has 0 heterocycles. The van der Waals surface area contributed by atoms with Gasteiger partial charge in [-0.25, -0.2) is 0 Å². The summed E-state index contributed by atoms with van der Waals surface area (Å²) in [5.41, 5.74) is 0.968. The van der Waals surface area contributed by atoms with Gasteiger partial charge in [0.2, 0.25) is 0 Å².